The second-order valence-corrected chi connectivity index (χ2v) is 7.48. The van der Waals surface area contributed by atoms with Gasteiger partial charge in [0, 0.05) is 12.2 Å². The average Bonchev–Trinajstić information content (AvgIpc) is 2.60. The smallest absolute Gasteiger partial charge is 0.0337 e. The summed E-state index contributed by atoms with van der Waals surface area (Å²) in [6, 6.07) is 6.62. The SMILES string of the molecule is C=C(NCC(C)Cc1cccc(C(=C)C)c1CC)C1=CCC(C)C=C1. The third-order valence-corrected chi connectivity index (χ3v) is 4.98. The van der Waals surface area contributed by atoms with Crippen molar-refractivity contribution in [2.45, 2.75) is 47.0 Å². The first-order valence-electron chi connectivity index (χ1n) is 9.50. The van der Waals surface area contributed by atoms with Crippen LogP contribution >= 0.6 is 0 Å². The zero-order valence-corrected chi connectivity index (χ0v) is 16.4. The standard InChI is InChI=1S/C24H33N/c1-7-23-22(9-8-10-24(23)17(2)3)15-19(5)16-25-20(6)21-13-11-18(4)12-14-21/h8-11,13-14,18-19,25H,2,6-7,12,15-16H2,1,3-5H3. The van der Waals surface area contributed by atoms with E-state index in [0.717, 1.165) is 37.1 Å². The van der Waals surface area contributed by atoms with Crippen LogP contribution in [0.25, 0.3) is 5.57 Å². The van der Waals surface area contributed by atoms with Crippen molar-refractivity contribution in [2.24, 2.45) is 11.8 Å². The molecular formula is C24H33N. The summed E-state index contributed by atoms with van der Waals surface area (Å²) in [5, 5.41) is 3.53. The highest BCUT2D eigenvalue weighted by atomic mass is 14.9. The first-order chi connectivity index (χ1) is 11.9. The summed E-state index contributed by atoms with van der Waals surface area (Å²) in [6.45, 7) is 18.2. The summed E-state index contributed by atoms with van der Waals surface area (Å²) in [5.41, 5.74) is 7.66. The Hall–Kier alpha value is -2.02. The van der Waals surface area contributed by atoms with Crippen molar-refractivity contribution in [3.05, 3.63) is 77.5 Å². The minimum Gasteiger partial charge on any atom is -0.385 e. The van der Waals surface area contributed by atoms with Gasteiger partial charge < -0.3 is 5.32 Å². The van der Waals surface area contributed by atoms with Crippen LogP contribution in [-0.4, -0.2) is 6.54 Å². The zero-order chi connectivity index (χ0) is 18.4. The van der Waals surface area contributed by atoms with Crippen LogP contribution in [0.3, 0.4) is 0 Å². The van der Waals surface area contributed by atoms with Gasteiger partial charge in [0.15, 0.2) is 0 Å². The molecule has 1 heteroatoms. The van der Waals surface area contributed by atoms with Crippen molar-refractivity contribution in [1.29, 1.82) is 0 Å². The van der Waals surface area contributed by atoms with E-state index in [-0.39, 0.29) is 0 Å². The van der Waals surface area contributed by atoms with E-state index in [1.165, 1.54) is 22.3 Å². The Morgan fingerprint density at radius 2 is 2.08 bits per heavy atom. The minimum absolute atomic E-state index is 0.550. The predicted molar refractivity (Wildman–Crippen MR) is 112 cm³/mol. The third-order valence-electron chi connectivity index (χ3n) is 4.98. The Morgan fingerprint density at radius 1 is 1.32 bits per heavy atom. The van der Waals surface area contributed by atoms with Crippen LogP contribution in [0.4, 0.5) is 0 Å². The molecule has 0 amide bonds. The molecule has 2 atom stereocenters. The van der Waals surface area contributed by atoms with Crippen LogP contribution in [-0.2, 0) is 12.8 Å². The van der Waals surface area contributed by atoms with Gasteiger partial charge >= 0.3 is 0 Å². The Morgan fingerprint density at radius 3 is 2.68 bits per heavy atom. The maximum absolute atomic E-state index is 4.21. The van der Waals surface area contributed by atoms with Crippen molar-refractivity contribution in [3.8, 4) is 0 Å². The van der Waals surface area contributed by atoms with E-state index in [4.69, 9.17) is 0 Å². The molecular weight excluding hydrogens is 302 g/mol. The number of nitrogens with one attached hydrogen (secondary N) is 1. The molecule has 0 spiro atoms. The second kappa shape index (κ2) is 8.89. The van der Waals surface area contributed by atoms with E-state index in [0.29, 0.717) is 11.8 Å². The lowest BCUT2D eigenvalue weighted by Crippen LogP contribution is -2.23. The first kappa shape index (κ1) is 19.3. The van der Waals surface area contributed by atoms with E-state index >= 15 is 0 Å². The van der Waals surface area contributed by atoms with E-state index < -0.39 is 0 Å². The van der Waals surface area contributed by atoms with Gasteiger partial charge in [0.05, 0.1) is 0 Å². The van der Waals surface area contributed by atoms with Crippen LogP contribution in [0.2, 0.25) is 0 Å². The van der Waals surface area contributed by atoms with Gasteiger partial charge in [0.1, 0.15) is 0 Å². The molecule has 1 aromatic rings. The lowest BCUT2D eigenvalue weighted by Gasteiger charge is -2.20. The van der Waals surface area contributed by atoms with Gasteiger partial charge in [-0.05, 0) is 60.3 Å². The fraction of sp³-hybridized carbons (Fsp3) is 0.417. The van der Waals surface area contributed by atoms with E-state index in [1.54, 1.807) is 0 Å². The van der Waals surface area contributed by atoms with Gasteiger partial charge in [-0.25, -0.2) is 0 Å². The molecule has 1 aromatic carbocycles. The van der Waals surface area contributed by atoms with E-state index in [2.05, 4.69) is 82.6 Å². The second-order valence-electron chi connectivity index (χ2n) is 7.48. The van der Waals surface area contributed by atoms with Gasteiger partial charge in [0.25, 0.3) is 0 Å². The highest BCUT2D eigenvalue weighted by molar-refractivity contribution is 5.65. The van der Waals surface area contributed by atoms with Crippen LogP contribution in [0.5, 0.6) is 0 Å². The maximum atomic E-state index is 4.21. The van der Waals surface area contributed by atoms with Crippen molar-refractivity contribution < 1.29 is 0 Å². The third kappa shape index (κ3) is 5.22. The molecule has 0 aliphatic heterocycles. The molecule has 1 N–H and O–H groups in total. The molecule has 0 saturated heterocycles. The fourth-order valence-electron chi connectivity index (χ4n) is 3.44. The van der Waals surface area contributed by atoms with E-state index in [9.17, 15) is 0 Å². The molecule has 25 heavy (non-hydrogen) atoms. The van der Waals surface area contributed by atoms with Crippen LogP contribution in [0.15, 0.2) is 60.9 Å². The minimum atomic E-state index is 0.550. The van der Waals surface area contributed by atoms with Gasteiger partial charge in [0.2, 0.25) is 0 Å². The van der Waals surface area contributed by atoms with Crippen molar-refractivity contribution in [3.63, 3.8) is 0 Å². The Kier molecular flexibility index (Phi) is 6.87. The van der Waals surface area contributed by atoms with Crippen molar-refractivity contribution in [2.75, 3.05) is 6.54 Å². The molecule has 2 unspecified atom stereocenters. The summed E-state index contributed by atoms with van der Waals surface area (Å²) in [5.74, 6) is 1.19. The largest absolute Gasteiger partial charge is 0.385 e. The fourth-order valence-corrected chi connectivity index (χ4v) is 3.44. The molecule has 134 valence electrons. The maximum Gasteiger partial charge on any atom is 0.0337 e. The molecule has 0 aromatic heterocycles. The molecule has 1 nitrogen and oxygen atoms in total. The molecule has 2 rings (SSSR count). The lowest BCUT2D eigenvalue weighted by molar-refractivity contribution is 0.544. The Bertz CT molecular complexity index is 690. The lowest BCUT2D eigenvalue weighted by atomic mass is 9.90. The molecule has 0 bridgehead atoms. The quantitative estimate of drug-likeness (QED) is 0.606. The summed E-state index contributed by atoms with van der Waals surface area (Å²) in [4.78, 5) is 0. The van der Waals surface area contributed by atoms with Crippen LogP contribution in [0, 0.1) is 11.8 Å². The number of benzene rings is 1. The summed E-state index contributed by atoms with van der Waals surface area (Å²) in [7, 11) is 0. The average molecular weight is 336 g/mol. The summed E-state index contributed by atoms with van der Waals surface area (Å²) >= 11 is 0. The normalized spacial score (nSPS) is 17.8. The predicted octanol–water partition coefficient (Wildman–Crippen LogP) is 6.09. The topological polar surface area (TPSA) is 12.0 Å². The van der Waals surface area contributed by atoms with Crippen molar-refractivity contribution >= 4 is 5.57 Å². The highest BCUT2D eigenvalue weighted by Crippen LogP contribution is 2.24. The Balaban J connectivity index is 1.96. The van der Waals surface area contributed by atoms with Crippen molar-refractivity contribution in [1.82, 2.24) is 5.32 Å². The number of hydrogen-bond acceptors (Lipinski definition) is 1. The van der Waals surface area contributed by atoms with Gasteiger partial charge in [-0.15, -0.1) is 0 Å². The zero-order valence-electron chi connectivity index (χ0n) is 16.4. The molecule has 1 aliphatic rings. The van der Waals surface area contributed by atoms with Gasteiger partial charge in [-0.3, -0.25) is 0 Å². The molecule has 0 fully saturated rings. The van der Waals surface area contributed by atoms with Crippen LogP contribution < -0.4 is 5.32 Å². The highest BCUT2D eigenvalue weighted by Gasteiger charge is 2.12. The molecule has 1 aliphatic carbocycles. The molecule has 0 radical (unpaired) electrons. The number of rotatable bonds is 8. The molecule has 0 heterocycles. The van der Waals surface area contributed by atoms with Gasteiger partial charge in [-0.1, -0.05) is 75.9 Å². The summed E-state index contributed by atoms with van der Waals surface area (Å²) in [6.07, 6.45) is 9.99. The van der Waals surface area contributed by atoms with Crippen LogP contribution in [0.1, 0.15) is 50.8 Å². The number of hydrogen-bond donors (Lipinski definition) is 1. The first-order valence-corrected chi connectivity index (χ1v) is 9.50. The van der Waals surface area contributed by atoms with Gasteiger partial charge in [-0.2, -0.15) is 0 Å². The summed E-state index contributed by atoms with van der Waals surface area (Å²) < 4.78 is 0. The number of allylic oxidation sites excluding steroid dienone is 4. The monoisotopic (exact) mass is 335 g/mol. The molecule has 0 saturated carbocycles. The van der Waals surface area contributed by atoms with E-state index in [1.807, 2.05) is 0 Å². The Labute approximate surface area is 154 Å².